The lowest BCUT2D eigenvalue weighted by Gasteiger charge is -2.41. The zero-order valence-electron chi connectivity index (χ0n) is 31.2. The Morgan fingerprint density at radius 1 is 0.556 bits per heavy atom. The van der Waals surface area contributed by atoms with Crippen molar-refractivity contribution in [2.75, 3.05) is 9.80 Å². The average molecular weight is 703 g/mol. The van der Waals surface area contributed by atoms with E-state index in [1.807, 2.05) is 0 Å². The van der Waals surface area contributed by atoms with Crippen LogP contribution in [0.3, 0.4) is 0 Å². The highest BCUT2D eigenvalue weighted by Crippen LogP contribution is 2.53. The van der Waals surface area contributed by atoms with E-state index >= 15 is 0 Å². The molecule has 0 saturated heterocycles. The van der Waals surface area contributed by atoms with Gasteiger partial charge in [0.1, 0.15) is 11.5 Å². The molecule has 54 heavy (non-hydrogen) atoms. The van der Waals surface area contributed by atoms with E-state index in [-0.39, 0.29) is 17.4 Å². The lowest BCUT2D eigenvalue weighted by molar-refractivity contribution is 0.361. The van der Waals surface area contributed by atoms with Gasteiger partial charge in [-0.25, -0.2) is 0 Å². The summed E-state index contributed by atoms with van der Waals surface area (Å²) in [5, 5.41) is 2.39. The lowest BCUT2D eigenvalue weighted by atomic mass is 9.65. The molecule has 0 bridgehead atoms. The third kappa shape index (κ3) is 6.81. The van der Waals surface area contributed by atoms with E-state index in [4.69, 9.17) is 4.74 Å². The molecule has 1 aliphatic heterocycles. The van der Waals surface area contributed by atoms with Crippen LogP contribution < -0.4 is 14.5 Å². The number of allylic oxidation sites excluding steroid dienone is 2. The molecule has 0 fully saturated rings. The topological polar surface area (TPSA) is 15.7 Å². The quantitative estimate of drug-likeness (QED) is 0.125. The molecular formula is C51H46N2O. The van der Waals surface area contributed by atoms with Gasteiger partial charge in [-0.1, -0.05) is 141 Å². The molecule has 7 aromatic rings. The highest BCUT2D eigenvalue weighted by molar-refractivity contribution is 5.86. The van der Waals surface area contributed by atoms with Gasteiger partial charge in [-0.2, -0.15) is 0 Å². The molecule has 0 radical (unpaired) electrons. The second-order valence-electron chi connectivity index (χ2n) is 14.4. The van der Waals surface area contributed by atoms with Gasteiger partial charge < -0.3 is 14.5 Å². The minimum absolute atomic E-state index is 0.0691. The number of fused-ring (bicyclic) bond motifs is 3. The molecule has 3 heteroatoms. The molecule has 3 unspecified atom stereocenters. The van der Waals surface area contributed by atoms with E-state index in [9.17, 15) is 0 Å². The van der Waals surface area contributed by atoms with Crippen molar-refractivity contribution in [3.8, 4) is 11.5 Å². The summed E-state index contributed by atoms with van der Waals surface area (Å²) in [7, 11) is 0. The fourth-order valence-corrected chi connectivity index (χ4v) is 8.00. The van der Waals surface area contributed by atoms with E-state index in [2.05, 4.69) is 231 Å². The summed E-state index contributed by atoms with van der Waals surface area (Å²) in [5.74, 6) is 1.91. The summed E-state index contributed by atoms with van der Waals surface area (Å²) >= 11 is 0. The van der Waals surface area contributed by atoms with Crippen LogP contribution in [0.2, 0.25) is 0 Å². The van der Waals surface area contributed by atoms with Crippen LogP contribution in [0.15, 0.2) is 206 Å². The molecule has 0 saturated carbocycles. The molecule has 0 spiro atoms. The number of anilines is 4. The first-order valence-electron chi connectivity index (χ1n) is 19.0. The largest absolute Gasteiger partial charge is 0.457 e. The summed E-state index contributed by atoms with van der Waals surface area (Å²) in [6, 6.07) is 64.7. The van der Waals surface area contributed by atoms with Crippen molar-refractivity contribution in [3.05, 3.63) is 217 Å². The highest BCUT2D eigenvalue weighted by atomic mass is 16.5. The van der Waals surface area contributed by atoms with Crippen LogP contribution in [-0.4, -0.2) is 6.04 Å². The number of ether oxygens (including phenoxy) is 1. The van der Waals surface area contributed by atoms with E-state index < -0.39 is 0 Å². The Morgan fingerprint density at radius 3 is 1.61 bits per heavy atom. The normalized spacial score (nSPS) is 16.2. The lowest BCUT2D eigenvalue weighted by Crippen LogP contribution is -2.34. The highest BCUT2D eigenvalue weighted by Gasteiger charge is 2.42. The van der Waals surface area contributed by atoms with Gasteiger partial charge >= 0.3 is 0 Å². The minimum Gasteiger partial charge on any atom is -0.457 e. The Bertz CT molecular complexity index is 2310. The Morgan fingerprint density at radius 2 is 1.04 bits per heavy atom. The molecule has 1 aliphatic rings. The summed E-state index contributed by atoms with van der Waals surface area (Å²) < 4.78 is 6.66. The first kappa shape index (κ1) is 34.7. The monoisotopic (exact) mass is 702 g/mol. The van der Waals surface area contributed by atoms with Crippen molar-refractivity contribution < 1.29 is 4.74 Å². The van der Waals surface area contributed by atoms with Crippen molar-refractivity contribution in [3.63, 3.8) is 0 Å². The maximum absolute atomic E-state index is 6.66. The maximum Gasteiger partial charge on any atom is 0.132 e. The Balaban J connectivity index is 1.25. The molecule has 8 rings (SSSR count). The van der Waals surface area contributed by atoms with Crippen LogP contribution >= 0.6 is 0 Å². The van der Waals surface area contributed by atoms with Gasteiger partial charge in [0.05, 0.1) is 0 Å². The molecule has 0 aliphatic carbocycles. The molecule has 3 atom stereocenters. The van der Waals surface area contributed by atoms with E-state index in [0.29, 0.717) is 0 Å². The Labute approximate surface area is 320 Å². The molecule has 0 N–H and O–H groups in total. The average Bonchev–Trinajstić information content (AvgIpc) is 3.22. The predicted molar refractivity (Wildman–Crippen MR) is 227 cm³/mol. The van der Waals surface area contributed by atoms with Gasteiger partial charge in [0.25, 0.3) is 0 Å². The molecule has 7 aromatic carbocycles. The second-order valence-corrected chi connectivity index (χ2v) is 14.4. The molecule has 266 valence electrons. The third-order valence-corrected chi connectivity index (χ3v) is 11.0. The standard InChI is InChI=1S/C51H46N2O/c1-38(51(3)47-33-18-19-34-49(47)54-50-37-41-23-17-16-22-40(41)36-48(50)51)35-46(53(44-28-12-6-13-29-44)45-30-14-7-15-31-45)32-20-21-39(2)52(42-24-8-4-9-25-42)43-26-10-5-11-27-43/h4-20,22-39H,21H2,1-3H3/b32-20-,46-35+. The zero-order valence-corrected chi connectivity index (χ0v) is 31.2. The number of nitrogens with zero attached hydrogens (tertiary/aromatic N) is 2. The fraction of sp³-hybridized carbons (Fsp3) is 0.137. The molecular weight excluding hydrogens is 657 g/mol. The van der Waals surface area contributed by atoms with E-state index in [1.165, 1.54) is 33.3 Å². The summed E-state index contributed by atoms with van der Waals surface area (Å²) in [5.41, 5.74) is 7.72. The van der Waals surface area contributed by atoms with Gasteiger partial charge in [0, 0.05) is 51.0 Å². The van der Waals surface area contributed by atoms with Crippen molar-refractivity contribution in [2.24, 2.45) is 5.92 Å². The minimum atomic E-state index is -0.378. The van der Waals surface area contributed by atoms with E-state index in [0.717, 1.165) is 35.0 Å². The van der Waals surface area contributed by atoms with Crippen molar-refractivity contribution in [1.82, 2.24) is 0 Å². The smallest absolute Gasteiger partial charge is 0.132 e. The maximum atomic E-state index is 6.66. The first-order valence-corrected chi connectivity index (χ1v) is 19.0. The summed E-state index contributed by atoms with van der Waals surface area (Å²) in [6.07, 6.45) is 7.99. The molecule has 3 nitrogen and oxygen atoms in total. The van der Waals surface area contributed by atoms with Crippen LogP contribution in [0.25, 0.3) is 10.8 Å². The summed E-state index contributed by atoms with van der Waals surface area (Å²) in [6.45, 7) is 7.06. The van der Waals surface area contributed by atoms with Crippen LogP contribution in [-0.2, 0) is 5.41 Å². The molecule has 0 aromatic heterocycles. The second kappa shape index (κ2) is 15.3. The molecule has 1 heterocycles. The van der Waals surface area contributed by atoms with E-state index in [1.54, 1.807) is 0 Å². The van der Waals surface area contributed by atoms with Gasteiger partial charge in [-0.05, 0) is 103 Å². The van der Waals surface area contributed by atoms with Gasteiger partial charge in [0.2, 0.25) is 0 Å². The molecule has 0 amide bonds. The van der Waals surface area contributed by atoms with Crippen LogP contribution in [0.4, 0.5) is 22.7 Å². The zero-order chi connectivity index (χ0) is 36.9. The Hall–Kier alpha value is -6.32. The SMILES string of the molecule is CC(C/C=C\C(=C/C(C)C1(C)c2ccccc2Oc2cc3ccccc3cc21)N(c1ccccc1)c1ccccc1)N(c1ccccc1)c1ccccc1. The predicted octanol–water partition coefficient (Wildman–Crippen LogP) is 13.8. The van der Waals surface area contributed by atoms with Gasteiger partial charge in [-0.3, -0.25) is 0 Å². The van der Waals surface area contributed by atoms with Crippen LogP contribution in [0, 0.1) is 5.92 Å². The van der Waals surface area contributed by atoms with Crippen LogP contribution in [0.5, 0.6) is 11.5 Å². The third-order valence-electron chi connectivity index (χ3n) is 11.0. The number of hydrogen-bond donors (Lipinski definition) is 0. The van der Waals surface area contributed by atoms with Crippen molar-refractivity contribution in [2.45, 2.75) is 38.6 Å². The Kier molecular flexibility index (Phi) is 9.87. The van der Waals surface area contributed by atoms with Crippen molar-refractivity contribution in [1.29, 1.82) is 0 Å². The fourth-order valence-electron chi connectivity index (χ4n) is 8.00. The van der Waals surface area contributed by atoms with Crippen molar-refractivity contribution >= 4 is 33.5 Å². The number of rotatable bonds is 11. The van der Waals surface area contributed by atoms with Gasteiger partial charge in [-0.15, -0.1) is 0 Å². The number of benzene rings is 7. The van der Waals surface area contributed by atoms with Crippen LogP contribution in [0.1, 0.15) is 38.3 Å². The number of hydrogen-bond acceptors (Lipinski definition) is 3. The number of para-hydroxylation sites is 5. The summed E-state index contributed by atoms with van der Waals surface area (Å²) in [4.78, 5) is 4.82. The first-order chi connectivity index (χ1) is 26.5. The van der Waals surface area contributed by atoms with Gasteiger partial charge in [0.15, 0.2) is 0 Å².